The molecule has 0 unspecified atom stereocenters. The van der Waals surface area contributed by atoms with Gasteiger partial charge in [-0.3, -0.25) is 4.98 Å². The molecule has 0 fully saturated rings. The maximum Gasteiger partial charge on any atom is 0.145 e. The topological polar surface area (TPSA) is 22.1 Å². The molecule has 1 aromatic rings. The molecule has 2 nitrogen and oxygen atoms in total. The molecule has 1 heterocycles. The second kappa shape index (κ2) is 4.60. The van der Waals surface area contributed by atoms with Crippen molar-refractivity contribution in [3.8, 4) is 5.75 Å². The molecule has 0 aliphatic carbocycles. The Bertz CT molecular complexity index is 419. The van der Waals surface area contributed by atoms with Crippen LogP contribution in [0.2, 0.25) is 0 Å². The zero-order valence-corrected chi connectivity index (χ0v) is 9.21. The molecule has 78 valence electrons. The molecule has 0 atom stereocenters. The van der Waals surface area contributed by atoms with Gasteiger partial charge in [-0.1, -0.05) is 31.4 Å². The molecule has 0 amide bonds. The fourth-order valence-electron chi connectivity index (χ4n) is 1.30. The summed E-state index contributed by atoms with van der Waals surface area (Å²) in [5.74, 6) is 0.695. The van der Waals surface area contributed by atoms with Crippen LogP contribution in [0.15, 0.2) is 37.7 Å². The molecule has 0 aromatic carbocycles. The fraction of sp³-hybridized carbons (Fsp3) is 0.154. The van der Waals surface area contributed by atoms with Crippen LogP contribution in [0.25, 0.3) is 11.6 Å². The van der Waals surface area contributed by atoms with Gasteiger partial charge < -0.3 is 4.74 Å². The summed E-state index contributed by atoms with van der Waals surface area (Å²) in [6, 6.07) is 0. The standard InChI is InChI=1S/C13H15NO/c1-6-11-7-14-8-12(15-5)13(11)10(4)9(2)3/h6-8H,1-2,4H2,3,5H3. The van der Waals surface area contributed by atoms with Crippen molar-refractivity contribution >= 4 is 11.6 Å². The molecular weight excluding hydrogens is 186 g/mol. The Balaban J connectivity index is 3.40. The summed E-state index contributed by atoms with van der Waals surface area (Å²) in [6.07, 6.45) is 5.13. The van der Waals surface area contributed by atoms with Crippen molar-refractivity contribution in [1.82, 2.24) is 4.98 Å². The van der Waals surface area contributed by atoms with Crippen LogP contribution in [0.5, 0.6) is 5.75 Å². The molecular formula is C13H15NO. The molecule has 0 aliphatic rings. The molecule has 0 aliphatic heterocycles. The van der Waals surface area contributed by atoms with Crippen molar-refractivity contribution in [2.24, 2.45) is 0 Å². The lowest BCUT2D eigenvalue weighted by Crippen LogP contribution is -1.96. The predicted molar refractivity (Wildman–Crippen MR) is 64.7 cm³/mol. The summed E-state index contributed by atoms with van der Waals surface area (Å²) in [6.45, 7) is 13.5. The summed E-state index contributed by atoms with van der Waals surface area (Å²) in [5, 5.41) is 0. The largest absolute Gasteiger partial charge is 0.494 e. The van der Waals surface area contributed by atoms with Crippen molar-refractivity contribution in [3.63, 3.8) is 0 Å². The Hall–Kier alpha value is -1.83. The third-order valence-electron chi connectivity index (χ3n) is 2.20. The van der Waals surface area contributed by atoms with Crippen LogP contribution in [-0.2, 0) is 0 Å². The van der Waals surface area contributed by atoms with Crippen LogP contribution in [-0.4, -0.2) is 12.1 Å². The van der Waals surface area contributed by atoms with Gasteiger partial charge in [0.25, 0.3) is 0 Å². The summed E-state index contributed by atoms with van der Waals surface area (Å²) >= 11 is 0. The molecule has 0 saturated carbocycles. The lowest BCUT2D eigenvalue weighted by molar-refractivity contribution is 0.411. The lowest BCUT2D eigenvalue weighted by Gasteiger charge is -2.13. The smallest absolute Gasteiger partial charge is 0.145 e. The van der Waals surface area contributed by atoms with Gasteiger partial charge in [0, 0.05) is 17.3 Å². The number of hydrogen-bond donors (Lipinski definition) is 0. The van der Waals surface area contributed by atoms with Crippen molar-refractivity contribution in [3.05, 3.63) is 48.8 Å². The number of allylic oxidation sites excluding steroid dienone is 2. The highest BCUT2D eigenvalue weighted by Gasteiger charge is 2.11. The van der Waals surface area contributed by atoms with E-state index in [9.17, 15) is 0 Å². The third kappa shape index (κ3) is 2.15. The summed E-state index contributed by atoms with van der Waals surface area (Å²) < 4.78 is 5.25. The fourth-order valence-corrected chi connectivity index (χ4v) is 1.30. The first-order valence-electron chi connectivity index (χ1n) is 4.61. The Labute approximate surface area is 90.6 Å². The van der Waals surface area contributed by atoms with Gasteiger partial charge in [-0.05, 0) is 12.5 Å². The third-order valence-corrected chi connectivity index (χ3v) is 2.20. The van der Waals surface area contributed by atoms with E-state index in [4.69, 9.17) is 4.74 Å². The molecule has 0 N–H and O–H groups in total. The number of ether oxygens (including phenoxy) is 1. The zero-order valence-electron chi connectivity index (χ0n) is 9.21. The van der Waals surface area contributed by atoms with Gasteiger partial charge >= 0.3 is 0 Å². The highest BCUT2D eigenvalue weighted by Crippen LogP contribution is 2.31. The van der Waals surface area contributed by atoms with Gasteiger partial charge in [-0.2, -0.15) is 0 Å². The van der Waals surface area contributed by atoms with Gasteiger partial charge in [0.05, 0.1) is 13.3 Å². The minimum absolute atomic E-state index is 0.695. The molecule has 1 aromatic heterocycles. The first-order chi connectivity index (χ1) is 7.11. The highest BCUT2D eigenvalue weighted by molar-refractivity contribution is 5.84. The molecule has 0 saturated heterocycles. The van der Waals surface area contributed by atoms with E-state index >= 15 is 0 Å². The maximum absolute atomic E-state index is 5.25. The first kappa shape index (κ1) is 11.2. The van der Waals surface area contributed by atoms with Crippen molar-refractivity contribution in [1.29, 1.82) is 0 Å². The average molecular weight is 201 g/mol. The van der Waals surface area contributed by atoms with Crippen LogP contribution in [0.3, 0.4) is 0 Å². The van der Waals surface area contributed by atoms with E-state index in [1.165, 1.54) is 0 Å². The Morgan fingerprint density at radius 3 is 2.53 bits per heavy atom. The molecule has 15 heavy (non-hydrogen) atoms. The van der Waals surface area contributed by atoms with E-state index in [0.29, 0.717) is 5.75 Å². The van der Waals surface area contributed by atoms with Crippen LogP contribution >= 0.6 is 0 Å². The van der Waals surface area contributed by atoms with Crippen LogP contribution in [0, 0.1) is 0 Å². The van der Waals surface area contributed by atoms with E-state index < -0.39 is 0 Å². The molecule has 2 heteroatoms. The second-order valence-electron chi connectivity index (χ2n) is 3.27. The quantitative estimate of drug-likeness (QED) is 0.697. The minimum atomic E-state index is 0.695. The van der Waals surface area contributed by atoms with E-state index in [2.05, 4.69) is 24.7 Å². The van der Waals surface area contributed by atoms with E-state index in [1.807, 2.05) is 6.92 Å². The van der Waals surface area contributed by atoms with Crippen LogP contribution < -0.4 is 4.74 Å². The predicted octanol–water partition coefficient (Wildman–Crippen LogP) is 3.32. The molecule has 0 radical (unpaired) electrons. The van der Waals surface area contributed by atoms with E-state index in [-0.39, 0.29) is 0 Å². The van der Waals surface area contributed by atoms with Crippen LogP contribution in [0.1, 0.15) is 18.1 Å². The van der Waals surface area contributed by atoms with Crippen LogP contribution in [0.4, 0.5) is 0 Å². The van der Waals surface area contributed by atoms with Gasteiger partial charge in [0.1, 0.15) is 5.75 Å². The Kier molecular flexibility index (Phi) is 3.45. The van der Waals surface area contributed by atoms with Gasteiger partial charge in [0.15, 0.2) is 0 Å². The summed E-state index contributed by atoms with van der Waals surface area (Å²) in [4.78, 5) is 4.06. The number of rotatable bonds is 4. The maximum atomic E-state index is 5.25. The number of hydrogen-bond acceptors (Lipinski definition) is 2. The Morgan fingerprint density at radius 1 is 1.40 bits per heavy atom. The Morgan fingerprint density at radius 2 is 2.07 bits per heavy atom. The molecule has 0 bridgehead atoms. The van der Waals surface area contributed by atoms with Crippen molar-refractivity contribution in [2.75, 3.05) is 7.11 Å². The molecule has 0 spiro atoms. The number of nitrogens with zero attached hydrogens (tertiary/aromatic N) is 1. The summed E-state index contributed by atoms with van der Waals surface area (Å²) in [5.41, 5.74) is 3.57. The monoisotopic (exact) mass is 201 g/mol. The highest BCUT2D eigenvalue weighted by atomic mass is 16.5. The normalized spacial score (nSPS) is 9.47. The number of pyridine rings is 1. The average Bonchev–Trinajstić information content (AvgIpc) is 2.26. The zero-order chi connectivity index (χ0) is 11.4. The second-order valence-corrected chi connectivity index (χ2v) is 3.27. The van der Waals surface area contributed by atoms with E-state index in [1.54, 1.807) is 25.6 Å². The SMILES string of the molecule is C=Cc1cncc(OC)c1C(=C)C(=C)C. The lowest BCUT2D eigenvalue weighted by atomic mass is 9.97. The number of aromatic nitrogens is 1. The van der Waals surface area contributed by atoms with Gasteiger partial charge in [0.2, 0.25) is 0 Å². The van der Waals surface area contributed by atoms with Gasteiger partial charge in [-0.25, -0.2) is 0 Å². The van der Waals surface area contributed by atoms with E-state index in [0.717, 1.165) is 22.3 Å². The van der Waals surface area contributed by atoms with Crippen molar-refractivity contribution in [2.45, 2.75) is 6.92 Å². The molecule has 1 rings (SSSR count). The minimum Gasteiger partial charge on any atom is -0.494 e. The number of methoxy groups -OCH3 is 1. The van der Waals surface area contributed by atoms with Gasteiger partial charge in [-0.15, -0.1) is 0 Å². The summed E-state index contributed by atoms with van der Waals surface area (Å²) in [7, 11) is 1.61. The first-order valence-corrected chi connectivity index (χ1v) is 4.61. The van der Waals surface area contributed by atoms with Crippen molar-refractivity contribution < 1.29 is 4.74 Å².